The maximum Gasteiger partial charge on any atom is 0.167 e. The Morgan fingerprint density at radius 2 is 1.60 bits per heavy atom. The summed E-state index contributed by atoms with van der Waals surface area (Å²) >= 11 is 0. The van der Waals surface area contributed by atoms with Crippen molar-refractivity contribution >= 4 is 5.69 Å². The average molecular weight is 340 g/mol. The second kappa shape index (κ2) is 8.26. The number of benzene rings is 3. The highest BCUT2D eigenvalue weighted by Gasteiger charge is 2.05. The molecule has 5 heteroatoms. The monoisotopic (exact) mass is 340 g/mol. The number of ether oxygens (including phenoxy) is 1. The van der Waals surface area contributed by atoms with Gasteiger partial charge in [-0.05, 0) is 35.4 Å². The quantitative estimate of drug-likeness (QED) is 0.614. The summed E-state index contributed by atoms with van der Waals surface area (Å²) < 4.78 is 31.9. The molecule has 0 aliphatic heterocycles. The molecule has 3 aromatic rings. The van der Waals surface area contributed by atoms with E-state index in [0.717, 1.165) is 22.9 Å². The van der Waals surface area contributed by atoms with Gasteiger partial charge in [0.05, 0.1) is 0 Å². The summed E-state index contributed by atoms with van der Waals surface area (Å²) in [7, 11) is 0. The molecule has 0 aromatic heterocycles. The second-order valence-corrected chi connectivity index (χ2v) is 5.53. The second-order valence-electron chi connectivity index (χ2n) is 5.53. The number of halogens is 2. The van der Waals surface area contributed by atoms with Gasteiger partial charge in [-0.1, -0.05) is 42.5 Å². The number of para-hydroxylation sites is 1. The molecule has 25 heavy (non-hydrogen) atoms. The summed E-state index contributed by atoms with van der Waals surface area (Å²) in [5, 5.41) is 0. The zero-order chi connectivity index (χ0) is 17.5. The molecule has 0 aliphatic rings. The van der Waals surface area contributed by atoms with Crippen LogP contribution in [0.5, 0.6) is 5.75 Å². The molecule has 3 rings (SSSR count). The summed E-state index contributed by atoms with van der Waals surface area (Å²) in [6.07, 6.45) is 0. The van der Waals surface area contributed by atoms with Gasteiger partial charge >= 0.3 is 0 Å². The third-order valence-electron chi connectivity index (χ3n) is 3.58. The van der Waals surface area contributed by atoms with Crippen LogP contribution in [0, 0.1) is 11.6 Å². The summed E-state index contributed by atoms with van der Waals surface area (Å²) in [4.78, 5) is 0. The highest BCUT2D eigenvalue weighted by atomic mass is 19.1. The minimum Gasteiger partial charge on any atom is -0.486 e. The van der Waals surface area contributed by atoms with Gasteiger partial charge in [-0.3, -0.25) is 0 Å². The maximum absolute atomic E-state index is 13.6. The first-order valence-electron chi connectivity index (χ1n) is 7.90. The van der Waals surface area contributed by atoms with Gasteiger partial charge in [0.2, 0.25) is 0 Å². The van der Waals surface area contributed by atoms with Gasteiger partial charge in [0.25, 0.3) is 0 Å². The molecular formula is C20H18F2N2O. The standard InChI is InChI=1S/C20H18F2N2O/c21-17-9-10-20(19(22)12-17)25-14-16-6-4-5-15(11-16)13-23-24-18-7-2-1-3-8-18/h1-12,23-24H,13-14H2. The van der Waals surface area contributed by atoms with Gasteiger partial charge in [-0.25, -0.2) is 14.2 Å². The molecule has 0 spiro atoms. The van der Waals surface area contributed by atoms with Crippen molar-refractivity contribution in [2.24, 2.45) is 0 Å². The minimum atomic E-state index is -0.704. The predicted octanol–water partition coefficient (Wildman–Crippen LogP) is 4.66. The van der Waals surface area contributed by atoms with E-state index in [0.29, 0.717) is 6.54 Å². The number of hydrogen-bond donors (Lipinski definition) is 2. The van der Waals surface area contributed by atoms with Crippen molar-refractivity contribution < 1.29 is 13.5 Å². The molecule has 0 fully saturated rings. The molecule has 0 atom stereocenters. The normalized spacial score (nSPS) is 10.5. The number of rotatable bonds is 7. The van der Waals surface area contributed by atoms with Crippen molar-refractivity contribution in [3.63, 3.8) is 0 Å². The Labute approximate surface area is 145 Å². The van der Waals surface area contributed by atoms with Crippen LogP contribution in [-0.4, -0.2) is 0 Å². The molecule has 0 radical (unpaired) electrons. The highest BCUT2D eigenvalue weighted by molar-refractivity contribution is 5.41. The van der Waals surface area contributed by atoms with E-state index in [4.69, 9.17) is 4.74 Å². The Hall–Kier alpha value is -2.92. The van der Waals surface area contributed by atoms with Gasteiger partial charge < -0.3 is 10.2 Å². The Kier molecular flexibility index (Phi) is 5.59. The maximum atomic E-state index is 13.6. The molecule has 3 aromatic carbocycles. The minimum absolute atomic E-state index is 0.0377. The predicted molar refractivity (Wildman–Crippen MR) is 94.0 cm³/mol. The van der Waals surface area contributed by atoms with E-state index >= 15 is 0 Å². The molecule has 0 amide bonds. The van der Waals surface area contributed by atoms with Gasteiger partial charge in [0.15, 0.2) is 11.6 Å². The van der Waals surface area contributed by atoms with E-state index in [1.165, 1.54) is 12.1 Å². The van der Waals surface area contributed by atoms with Crippen LogP contribution in [0.15, 0.2) is 72.8 Å². The fraction of sp³-hybridized carbons (Fsp3) is 0.100. The first-order valence-corrected chi connectivity index (χ1v) is 7.90. The SMILES string of the molecule is Fc1ccc(OCc2cccc(CNNc3ccccc3)c2)c(F)c1. The van der Waals surface area contributed by atoms with Crippen molar-refractivity contribution in [3.8, 4) is 5.75 Å². The molecule has 0 saturated heterocycles. The van der Waals surface area contributed by atoms with Crippen molar-refractivity contribution in [2.75, 3.05) is 5.43 Å². The Bertz CT molecular complexity index is 825. The fourth-order valence-electron chi connectivity index (χ4n) is 2.35. The van der Waals surface area contributed by atoms with E-state index in [1.54, 1.807) is 0 Å². The van der Waals surface area contributed by atoms with Crippen LogP contribution >= 0.6 is 0 Å². The van der Waals surface area contributed by atoms with Crippen LogP contribution in [0.2, 0.25) is 0 Å². The Morgan fingerprint density at radius 1 is 0.800 bits per heavy atom. The zero-order valence-corrected chi connectivity index (χ0v) is 13.5. The molecule has 2 N–H and O–H groups in total. The molecule has 3 nitrogen and oxygen atoms in total. The van der Waals surface area contributed by atoms with Crippen molar-refractivity contribution in [1.29, 1.82) is 0 Å². The lowest BCUT2D eigenvalue weighted by molar-refractivity contribution is 0.289. The van der Waals surface area contributed by atoms with E-state index in [1.807, 2.05) is 54.6 Å². The Morgan fingerprint density at radius 3 is 2.40 bits per heavy atom. The van der Waals surface area contributed by atoms with Crippen LogP contribution in [0.4, 0.5) is 14.5 Å². The van der Waals surface area contributed by atoms with Gasteiger partial charge in [-0.2, -0.15) is 0 Å². The fourth-order valence-corrected chi connectivity index (χ4v) is 2.35. The number of nitrogens with one attached hydrogen (secondary N) is 2. The van der Waals surface area contributed by atoms with Crippen molar-refractivity contribution in [3.05, 3.63) is 95.6 Å². The highest BCUT2D eigenvalue weighted by Crippen LogP contribution is 2.19. The molecule has 0 bridgehead atoms. The first kappa shape index (κ1) is 16.9. The lowest BCUT2D eigenvalue weighted by Crippen LogP contribution is -2.20. The lowest BCUT2D eigenvalue weighted by Gasteiger charge is -2.11. The number of hydrazine groups is 1. The largest absolute Gasteiger partial charge is 0.486 e. The molecule has 0 saturated carbocycles. The van der Waals surface area contributed by atoms with E-state index in [9.17, 15) is 8.78 Å². The summed E-state index contributed by atoms with van der Waals surface area (Å²) in [5.41, 5.74) is 9.20. The molecule has 0 heterocycles. The van der Waals surface area contributed by atoms with Crippen LogP contribution in [0.1, 0.15) is 11.1 Å². The topological polar surface area (TPSA) is 33.3 Å². The molecule has 128 valence electrons. The van der Waals surface area contributed by atoms with E-state index in [-0.39, 0.29) is 12.4 Å². The molecular weight excluding hydrogens is 322 g/mol. The third-order valence-corrected chi connectivity index (χ3v) is 3.58. The van der Waals surface area contributed by atoms with Crippen molar-refractivity contribution in [1.82, 2.24) is 5.43 Å². The van der Waals surface area contributed by atoms with E-state index < -0.39 is 11.6 Å². The molecule has 0 unspecified atom stereocenters. The number of anilines is 1. The van der Waals surface area contributed by atoms with Crippen LogP contribution in [-0.2, 0) is 13.2 Å². The van der Waals surface area contributed by atoms with Crippen LogP contribution in [0.25, 0.3) is 0 Å². The molecule has 0 aliphatic carbocycles. The summed E-state index contributed by atoms with van der Waals surface area (Å²) in [6.45, 7) is 0.830. The smallest absolute Gasteiger partial charge is 0.167 e. The van der Waals surface area contributed by atoms with Crippen LogP contribution < -0.4 is 15.6 Å². The Balaban J connectivity index is 1.54. The zero-order valence-electron chi connectivity index (χ0n) is 13.5. The van der Waals surface area contributed by atoms with Crippen molar-refractivity contribution in [2.45, 2.75) is 13.2 Å². The van der Waals surface area contributed by atoms with E-state index in [2.05, 4.69) is 10.9 Å². The average Bonchev–Trinajstić information content (AvgIpc) is 2.62. The van der Waals surface area contributed by atoms with Gasteiger partial charge in [-0.15, -0.1) is 0 Å². The lowest BCUT2D eigenvalue weighted by atomic mass is 10.1. The summed E-state index contributed by atoms with van der Waals surface area (Å²) in [6, 6.07) is 20.9. The summed E-state index contributed by atoms with van der Waals surface area (Å²) in [5.74, 6) is -1.29. The first-order chi connectivity index (χ1) is 12.2. The van der Waals surface area contributed by atoms with Gasteiger partial charge in [0.1, 0.15) is 12.4 Å². The third kappa shape index (κ3) is 5.02. The van der Waals surface area contributed by atoms with Gasteiger partial charge in [0, 0.05) is 18.3 Å². The van der Waals surface area contributed by atoms with Crippen LogP contribution in [0.3, 0.4) is 0 Å². The number of hydrogen-bond acceptors (Lipinski definition) is 3.